The Morgan fingerprint density at radius 2 is 1.81 bits per heavy atom. The Labute approximate surface area is 192 Å². The molecule has 1 aromatic heterocycles. The normalized spacial score (nSPS) is 16.3. The van der Waals surface area contributed by atoms with Crippen molar-refractivity contribution >= 4 is 21.6 Å². The molecule has 0 aliphatic carbocycles. The molecule has 1 aliphatic heterocycles. The van der Waals surface area contributed by atoms with Crippen molar-refractivity contribution in [2.75, 3.05) is 26.2 Å². The van der Waals surface area contributed by atoms with Gasteiger partial charge in [-0.05, 0) is 61.5 Å². The van der Waals surface area contributed by atoms with Gasteiger partial charge in [-0.1, -0.05) is 54.5 Å². The summed E-state index contributed by atoms with van der Waals surface area (Å²) in [7, 11) is 0. The Balaban J connectivity index is 1.26. The maximum atomic E-state index is 11.7. The lowest BCUT2D eigenvalue weighted by molar-refractivity contribution is 0.138. The topological polar surface area (TPSA) is 88.6 Å². The SMILES string of the molecule is O=c1[nH]c2c(O)ccc(CC(O)NCCc3cccc(CCN4CCCCCC4)c3)c2s1. The number of nitrogens with zero attached hydrogens (tertiary/aromatic N) is 1. The minimum Gasteiger partial charge on any atom is -0.506 e. The molecule has 32 heavy (non-hydrogen) atoms. The molecule has 6 nitrogen and oxygen atoms in total. The highest BCUT2D eigenvalue weighted by Crippen LogP contribution is 2.28. The number of rotatable bonds is 9. The number of aliphatic hydroxyl groups is 1. The molecule has 4 rings (SSSR count). The van der Waals surface area contributed by atoms with Crippen LogP contribution in [0.25, 0.3) is 10.2 Å². The number of aliphatic hydroxyl groups excluding tert-OH is 1. The first-order chi connectivity index (χ1) is 15.6. The first-order valence-electron chi connectivity index (χ1n) is 11.6. The quantitative estimate of drug-likeness (QED) is 0.372. The van der Waals surface area contributed by atoms with Crippen molar-refractivity contribution in [1.29, 1.82) is 0 Å². The van der Waals surface area contributed by atoms with Gasteiger partial charge in [-0.25, -0.2) is 0 Å². The van der Waals surface area contributed by atoms with Gasteiger partial charge in [0.05, 0.1) is 4.70 Å². The molecule has 0 amide bonds. The molecule has 1 unspecified atom stereocenters. The van der Waals surface area contributed by atoms with Gasteiger partial charge in [0.1, 0.15) is 17.5 Å². The second kappa shape index (κ2) is 11.1. The van der Waals surface area contributed by atoms with E-state index < -0.39 is 6.23 Å². The first kappa shape index (κ1) is 23.0. The molecule has 7 heteroatoms. The van der Waals surface area contributed by atoms with E-state index in [-0.39, 0.29) is 10.6 Å². The number of phenols is 1. The van der Waals surface area contributed by atoms with Gasteiger partial charge in [-0.2, -0.15) is 0 Å². The molecular weight excluding hydrogens is 422 g/mol. The first-order valence-corrected chi connectivity index (χ1v) is 12.5. The molecular formula is C25H33N3O3S. The van der Waals surface area contributed by atoms with Crippen molar-refractivity contribution in [3.05, 3.63) is 62.8 Å². The molecule has 0 saturated carbocycles. The fourth-order valence-electron chi connectivity index (χ4n) is 4.49. The third kappa shape index (κ3) is 6.19. The highest BCUT2D eigenvalue weighted by atomic mass is 32.1. The van der Waals surface area contributed by atoms with Crippen LogP contribution in [0.15, 0.2) is 41.2 Å². The maximum Gasteiger partial charge on any atom is 0.305 e. The van der Waals surface area contributed by atoms with Crippen molar-refractivity contribution < 1.29 is 10.2 Å². The van der Waals surface area contributed by atoms with Crippen LogP contribution in [0, 0.1) is 0 Å². The van der Waals surface area contributed by atoms with E-state index in [2.05, 4.69) is 39.5 Å². The van der Waals surface area contributed by atoms with Crippen molar-refractivity contribution in [3.8, 4) is 5.75 Å². The Bertz CT molecular complexity index is 1070. The van der Waals surface area contributed by atoms with Gasteiger partial charge in [-0.15, -0.1) is 0 Å². The zero-order chi connectivity index (χ0) is 22.3. The van der Waals surface area contributed by atoms with E-state index in [0.717, 1.165) is 36.3 Å². The summed E-state index contributed by atoms with van der Waals surface area (Å²) in [5.74, 6) is 0.0558. The number of thiazole rings is 1. The van der Waals surface area contributed by atoms with E-state index in [4.69, 9.17) is 0 Å². The van der Waals surface area contributed by atoms with Crippen LogP contribution in [-0.4, -0.2) is 52.5 Å². The third-order valence-electron chi connectivity index (χ3n) is 6.25. The lowest BCUT2D eigenvalue weighted by atomic mass is 10.1. The second-order valence-corrected chi connectivity index (χ2v) is 9.70. The number of H-pyrrole nitrogens is 1. The Morgan fingerprint density at radius 3 is 2.59 bits per heavy atom. The summed E-state index contributed by atoms with van der Waals surface area (Å²) in [4.78, 5) is 16.7. The van der Waals surface area contributed by atoms with Gasteiger partial charge in [0.2, 0.25) is 0 Å². The molecule has 3 aromatic rings. The maximum absolute atomic E-state index is 11.7. The summed E-state index contributed by atoms with van der Waals surface area (Å²) in [5.41, 5.74) is 3.94. The molecule has 1 atom stereocenters. The molecule has 0 radical (unpaired) electrons. The van der Waals surface area contributed by atoms with E-state index in [1.165, 1.54) is 49.9 Å². The minimum atomic E-state index is -0.717. The number of fused-ring (bicyclic) bond motifs is 1. The number of aromatic amines is 1. The Morgan fingerprint density at radius 1 is 1.06 bits per heavy atom. The van der Waals surface area contributed by atoms with E-state index in [9.17, 15) is 15.0 Å². The van der Waals surface area contributed by atoms with Crippen LogP contribution < -0.4 is 10.2 Å². The predicted molar refractivity (Wildman–Crippen MR) is 131 cm³/mol. The zero-order valence-corrected chi connectivity index (χ0v) is 19.3. The molecule has 2 aromatic carbocycles. The van der Waals surface area contributed by atoms with Crippen molar-refractivity contribution in [1.82, 2.24) is 15.2 Å². The number of aromatic hydroxyl groups is 1. The standard InChI is InChI=1S/C25H33N3O3S/c29-21-9-8-20(24-23(21)27-25(31)32-24)17-22(30)26-12-10-18-6-5-7-19(16-18)11-15-28-13-3-1-2-4-14-28/h5-9,16,22,26,29-30H,1-4,10-15,17H2,(H,27,31). The molecule has 172 valence electrons. The van der Waals surface area contributed by atoms with Crippen molar-refractivity contribution in [3.63, 3.8) is 0 Å². The van der Waals surface area contributed by atoms with Gasteiger partial charge in [0, 0.05) is 19.5 Å². The number of phenolic OH excluding ortho intramolecular Hbond substituents is 1. The van der Waals surface area contributed by atoms with E-state index in [1.54, 1.807) is 12.1 Å². The van der Waals surface area contributed by atoms with Gasteiger partial charge < -0.3 is 20.1 Å². The third-order valence-corrected chi connectivity index (χ3v) is 7.21. The van der Waals surface area contributed by atoms with Crippen LogP contribution >= 0.6 is 11.3 Å². The number of likely N-dealkylation sites (tertiary alicyclic amines) is 1. The highest BCUT2D eigenvalue weighted by Gasteiger charge is 2.13. The van der Waals surface area contributed by atoms with Crippen LogP contribution in [0.1, 0.15) is 42.4 Å². The number of nitrogens with one attached hydrogen (secondary N) is 2. The van der Waals surface area contributed by atoms with Crippen molar-refractivity contribution in [2.45, 2.75) is 51.2 Å². The summed E-state index contributed by atoms with van der Waals surface area (Å²) in [6, 6.07) is 12.1. The molecule has 1 fully saturated rings. The largest absolute Gasteiger partial charge is 0.506 e. The number of hydrogen-bond donors (Lipinski definition) is 4. The van der Waals surface area contributed by atoms with E-state index in [1.807, 2.05) is 0 Å². The monoisotopic (exact) mass is 455 g/mol. The molecule has 4 N–H and O–H groups in total. The van der Waals surface area contributed by atoms with Gasteiger partial charge in [0.15, 0.2) is 0 Å². The fraction of sp³-hybridized carbons (Fsp3) is 0.480. The Hall–Kier alpha value is -2.19. The smallest absolute Gasteiger partial charge is 0.305 e. The van der Waals surface area contributed by atoms with Crippen LogP contribution in [-0.2, 0) is 19.3 Å². The summed E-state index contributed by atoms with van der Waals surface area (Å²) < 4.78 is 0.702. The second-order valence-electron chi connectivity index (χ2n) is 8.71. The lowest BCUT2D eigenvalue weighted by Gasteiger charge is -2.19. The predicted octanol–water partition coefficient (Wildman–Crippen LogP) is 3.41. The van der Waals surface area contributed by atoms with Gasteiger partial charge in [0.25, 0.3) is 0 Å². The lowest BCUT2D eigenvalue weighted by Crippen LogP contribution is -2.32. The average Bonchev–Trinajstić information content (AvgIpc) is 3.01. The molecule has 1 saturated heterocycles. The summed E-state index contributed by atoms with van der Waals surface area (Å²) in [6.07, 6.45) is 6.98. The van der Waals surface area contributed by atoms with Crippen LogP contribution in [0.5, 0.6) is 5.75 Å². The molecule has 2 heterocycles. The van der Waals surface area contributed by atoms with Gasteiger partial charge >= 0.3 is 4.87 Å². The zero-order valence-electron chi connectivity index (χ0n) is 18.5. The molecule has 0 spiro atoms. The summed E-state index contributed by atoms with van der Waals surface area (Å²) >= 11 is 1.06. The minimum absolute atomic E-state index is 0.0558. The summed E-state index contributed by atoms with van der Waals surface area (Å²) in [6.45, 7) is 4.26. The van der Waals surface area contributed by atoms with Gasteiger partial charge in [-0.3, -0.25) is 10.1 Å². The number of aromatic nitrogens is 1. The number of benzene rings is 2. The van der Waals surface area contributed by atoms with Crippen LogP contribution in [0.2, 0.25) is 0 Å². The van der Waals surface area contributed by atoms with Crippen molar-refractivity contribution in [2.24, 2.45) is 0 Å². The Kier molecular flexibility index (Phi) is 7.97. The summed E-state index contributed by atoms with van der Waals surface area (Å²) in [5, 5.41) is 23.5. The average molecular weight is 456 g/mol. The molecule has 0 bridgehead atoms. The molecule has 1 aliphatic rings. The van der Waals surface area contributed by atoms with E-state index in [0.29, 0.717) is 23.2 Å². The fourth-order valence-corrected chi connectivity index (χ4v) is 5.36. The van der Waals surface area contributed by atoms with Crippen LogP contribution in [0.3, 0.4) is 0 Å². The number of hydrogen-bond acceptors (Lipinski definition) is 6. The highest BCUT2D eigenvalue weighted by molar-refractivity contribution is 7.16. The van der Waals surface area contributed by atoms with E-state index >= 15 is 0 Å². The van der Waals surface area contributed by atoms with Crippen LogP contribution in [0.4, 0.5) is 0 Å².